The number of amides is 1. The molecule has 2 N–H and O–H groups in total. The summed E-state index contributed by atoms with van der Waals surface area (Å²) in [6.07, 6.45) is 0.415. The lowest BCUT2D eigenvalue weighted by Gasteiger charge is -2.21. The van der Waals surface area contributed by atoms with E-state index in [1.807, 2.05) is 48.5 Å². The highest BCUT2D eigenvalue weighted by molar-refractivity contribution is 5.78. The predicted octanol–water partition coefficient (Wildman–Crippen LogP) is 1.91. The first kappa shape index (κ1) is 16.3. The van der Waals surface area contributed by atoms with Crippen LogP contribution in [0.4, 0.5) is 0 Å². The van der Waals surface area contributed by atoms with Crippen molar-refractivity contribution in [3.05, 3.63) is 59.7 Å². The molecule has 1 aliphatic rings. The molecule has 0 aliphatic carbocycles. The molecule has 1 heterocycles. The number of carbonyl (C=O) groups excluding carboxylic acids is 1. The molecule has 2 aromatic rings. The van der Waals surface area contributed by atoms with E-state index in [9.17, 15) is 4.79 Å². The van der Waals surface area contributed by atoms with Crippen molar-refractivity contribution in [2.24, 2.45) is 0 Å². The molecule has 1 amide bonds. The van der Waals surface area contributed by atoms with Gasteiger partial charge in [0.05, 0.1) is 6.42 Å². The highest BCUT2D eigenvalue weighted by atomic mass is 16.6. The number of benzene rings is 2. The normalized spacial score (nSPS) is 12.7. The van der Waals surface area contributed by atoms with E-state index in [4.69, 9.17) is 9.47 Å². The van der Waals surface area contributed by atoms with E-state index >= 15 is 0 Å². The maximum absolute atomic E-state index is 11.9. The maximum atomic E-state index is 11.9. The minimum absolute atomic E-state index is 0.0387. The lowest BCUT2D eigenvalue weighted by Crippen LogP contribution is -2.32. The SMILES string of the molecule is O=C(Cc1ccccc1)NCCNCc1cccc2c1OCCO2. The molecule has 1 aliphatic heterocycles. The van der Waals surface area contributed by atoms with E-state index in [-0.39, 0.29) is 5.91 Å². The van der Waals surface area contributed by atoms with Crippen LogP contribution < -0.4 is 20.1 Å². The fraction of sp³-hybridized carbons (Fsp3) is 0.316. The molecule has 0 bridgehead atoms. The fourth-order valence-corrected chi connectivity index (χ4v) is 2.63. The Morgan fingerprint density at radius 1 is 0.958 bits per heavy atom. The van der Waals surface area contributed by atoms with Crippen molar-refractivity contribution in [2.75, 3.05) is 26.3 Å². The number of rotatable bonds is 7. The van der Waals surface area contributed by atoms with Gasteiger partial charge in [-0.3, -0.25) is 4.79 Å². The van der Waals surface area contributed by atoms with Crippen LogP contribution >= 0.6 is 0 Å². The number of nitrogens with one attached hydrogen (secondary N) is 2. The first-order valence-corrected chi connectivity index (χ1v) is 8.22. The van der Waals surface area contributed by atoms with Gasteiger partial charge in [-0.25, -0.2) is 0 Å². The highest BCUT2D eigenvalue weighted by Crippen LogP contribution is 2.33. The van der Waals surface area contributed by atoms with Gasteiger partial charge in [-0.15, -0.1) is 0 Å². The molecule has 126 valence electrons. The lowest BCUT2D eigenvalue weighted by atomic mass is 10.1. The van der Waals surface area contributed by atoms with Crippen LogP contribution in [0.1, 0.15) is 11.1 Å². The van der Waals surface area contributed by atoms with Crippen molar-refractivity contribution in [3.8, 4) is 11.5 Å². The Labute approximate surface area is 142 Å². The molecular weight excluding hydrogens is 304 g/mol. The quantitative estimate of drug-likeness (QED) is 0.763. The molecule has 0 saturated heterocycles. The van der Waals surface area contributed by atoms with Gasteiger partial charge < -0.3 is 20.1 Å². The zero-order valence-corrected chi connectivity index (χ0v) is 13.6. The first-order chi connectivity index (χ1) is 11.8. The minimum Gasteiger partial charge on any atom is -0.486 e. The van der Waals surface area contributed by atoms with Crippen LogP contribution in [0.5, 0.6) is 11.5 Å². The molecule has 0 fully saturated rings. The molecule has 0 unspecified atom stereocenters. The Hall–Kier alpha value is -2.53. The summed E-state index contributed by atoms with van der Waals surface area (Å²) >= 11 is 0. The van der Waals surface area contributed by atoms with Crippen LogP contribution in [0, 0.1) is 0 Å². The zero-order chi connectivity index (χ0) is 16.6. The Balaban J connectivity index is 1.38. The van der Waals surface area contributed by atoms with Gasteiger partial charge >= 0.3 is 0 Å². The van der Waals surface area contributed by atoms with Crippen molar-refractivity contribution in [1.29, 1.82) is 0 Å². The second kappa shape index (κ2) is 8.36. The second-order valence-corrected chi connectivity index (χ2v) is 5.63. The van der Waals surface area contributed by atoms with Crippen LogP contribution in [0.3, 0.4) is 0 Å². The molecule has 24 heavy (non-hydrogen) atoms. The summed E-state index contributed by atoms with van der Waals surface area (Å²) in [5.41, 5.74) is 2.10. The van der Waals surface area contributed by atoms with Crippen molar-refractivity contribution in [3.63, 3.8) is 0 Å². The van der Waals surface area contributed by atoms with E-state index in [0.717, 1.165) is 22.6 Å². The summed E-state index contributed by atoms with van der Waals surface area (Å²) in [5.74, 6) is 1.66. The van der Waals surface area contributed by atoms with Crippen molar-refractivity contribution in [2.45, 2.75) is 13.0 Å². The van der Waals surface area contributed by atoms with Gasteiger partial charge in [-0.1, -0.05) is 42.5 Å². The zero-order valence-electron chi connectivity index (χ0n) is 13.6. The number of ether oxygens (including phenoxy) is 2. The van der Waals surface area contributed by atoms with Gasteiger partial charge in [0.1, 0.15) is 13.2 Å². The molecule has 3 rings (SSSR count). The molecular formula is C19H22N2O3. The average Bonchev–Trinajstić information content (AvgIpc) is 2.62. The Morgan fingerprint density at radius 2 is 1.79 bits per heavy atom. The van der Waals surface area contributed by atoms with Crippen LogP contribution in [-0.2, 0) is 17.8 Å². The van der Waals surface area contributed by atoms with Crippen molar-refractivity contribution in [1.82, 2.24) is 10.6 Å². The second-order valence-electron chi connectivity index (χ2n) is 5.63. The van der Waals surface area contributed by atoms with Crippen LogP contribution in [0.15, 0.2) is 48.5 Å². The van der Waals surface area contributed by atoms with Gasteiger partial charge in [0, 0.05) is 25.2 Å². The van der Waals surface area contributed by atoms with Gasteiger partial charge in [0.2, 0.25) is 5.91 Å². The Kier molecular flexibility index (Phi) is 5.69. The summed E-state index contributed by atoms with van der Waals surface area (Å²) in [6, 6.07) is 15.6. The summed E-state index contributed by atoms with van der Waals surface area (Å²) in [6.45, 7) is 3.15. The van der Waals surface area contributed by atoms with Crippen LogP contribution in [-0.4, -0.2) is 32.2 Å². The lowest BCUT2D eigenvalue weighted by molar-refractivity contribution is -0.120. The average molecular weight is 326 g/mol. The smallest absolute Gasteiger partial charge is 0.224 e. The Bertz CT molecular complexity index is 674. The van der Waals surface area contributed by atoms with Gasteiger partial charge in [-0.05, 0) is 11.6 Å². The topological polar surface area (TPSA) is 59.6 Å². The molecule has 2 aromatic carbocycles. The third kappa shape index (κ3) is 4.49. The van der Waals surface area contributed by atoms with E-state index in [0.29, 0.717) is 39.3 Å². The van der Waals surface area contributed by atoms with Gasteiger partial charge in [-0.2, -0.15) is 0 Å². The largest absolute Gasteiger partial charge is 0.486 e. The molecule has 0 saturated carbocycles. The van der Waals surface area contributed by atoms with E-state index < -0.39 is 0 Å². The monoisotopic (exact) mass is 326 g/mol. The number of hydrogen-bond acceptors (Lipinski definition) is 4. The standard InChI is InChI=1S/C19H22N2O3/c22-18(13-15-5-2-1-3-6-15)21-10-9-20-14-16-7-4-8-17-19(16)24-12-11-23-17/h1-8,20H,9-14H2,(H,21,22). The predicted molar refractivity (Wildman–Crippen MR) is 92.3 cm³/mol. The third-order valence-electron chi connectivity index (χ3n) is 3.79. The molecule has 0 radical (unpaired) electrons. The van der Waals surface area contributed by atoms with E-state index in [2.05, 4.69) is 10.6 Å². The summed E-state index contributed by atoms with van der Waals surface area (Å²) in [7, 11) is 0. The number of hydrogen-bond donors (Lipinski definition) is 2. The molecule has 0 aromatic heterocycles. The summed E-state index contributed by atoms with van der Waals surface area (Å²) in [4.78, 5) is 11.9. The Morgan fingerprint density at radius 3 is 2.67 bits per heavy atom. The number of fused-ring (bicyclic) bond motifs is 1. The van der Waals surface area contributed by atoms with Gasteiger partial charge in [0.15, 0.2) is 11.5 Å². The summed E-state index contributed by atoms with van der Waals surface area (Å²) < 4.78 is 11.3. The molecule has 5 nitrogen and oxygen atoms in total. The number of carbonyl (C=O) groups is 1. The summed E-state index contributed by atoms with van der Waals surface area (Å²) in [5, 5.41) is 6.24. The molecule has 0 spiro atoms. The maximum Gasteiger partial charge on any atom is 0.224 e. The molecule has 0 atom stereocenters. The van der Waals surface area contributed by atoms with Crippen LogP contribution in [0.2, 0.25) is 0 Å². The van der Waals surface area contributed by atoms with Crippen LogP contribution in [0.25, 0.3) is 0 Å². The first-order valence-electron chi connectivity index (χ1n) is 8.22. The van der Waals surface area contributed by atoms with Gasteiger partial charge in [0.25, 0.3) is 0 Å². The van der Waals surface area contributed by atoms with Crippen molar-refractivity contribution < 1.29 is 14.3 Å². The fourth-order valence-electron chi connectivity index (χ4n) is 2.63. The van der Waals surface area contributed by atoms with Crippen molar-refractivity contribution >= 4 is 5.91 Å². The molecule has 5 heteroatoms. The number of para-hydroxylation sites is 1. The van der Waals surface area contributed by atoms with E-state index in [1.165, 1.54) is 0 Å². The third-order valence-corrected chi connectivity index (χ3v) is 3.79. The minimum atomic E-state index is 0.0387. The highest BCUT2D eigenvalue weighted by Gasteiger charge is 2.14. The van der Waals surface area contributed by atoms with E-state index in [1.54, 1.807) is 0 Å².